The number of carboxylic acids is 1. The average Bonchev–Trinajstić information content (AvgIpc) is 2.46. The largest absolute Gasteiger partial charge is 0.494 e. The lowest BCUT2D eigenvalue weighted by molar-refractivity contribution is 0.0697. The molecule has 0 amide bonds. The molecule has 0 aliphatic carbocycles. The SMILES string of the molecule is CCOc1cccc(CNc2ccc(C(=O)O)cc2C)c1. The normalized spacial score (nSPS) is 10.2. The van der Waals surface area contributed by atoms with Crippen molar-refractivity contribution in [3.63, 3.8) is 0 Å². The number of carboxylic acid groups (broad SMARTS) is 1. The molecule has 4 heteroatoms. The molecule has 0 aliphatic rings. The van der Waals surface area contributed by atoms with Crippen molar-refractivity contribution in [3.05, 3.63) is 59.2 Å². The molecule has 110 valence electrons. The Hall–Kier alpha value is -2.49. The predicted molar refractivity (Wildman–Crippen MR) is 83.1 cm³/mol. The summed E-state index contributed by atoms with van der Waals surface area (Å²) in [4.78, 5) is 10.9. The third-order valence-electron chi connectivity index (χ3n) is 3.17. The molecule has 2 aromatic carbocycles. The van der Waals surface area contributed by atoms with Crippen LogP contribution in [0.1, 0.15) is 28.4 Å². The lowest BCUT2D eigenvalue weighted by Crippen LogP contribution is -2.03. The first-order chi connectivity index (χ1) is 10.1. The van der Waals surface area contributed by atoms with Crippen LogP contribution < -0.4 is 10.1 Å². The molecule has 2 aromatic rings. The van der Waals surface area contributed by atoms with Gasteiger partial charge in [0.1, 0.15) is 5.75 Å². The van der Waals surface area contributed by atoms with Gasteiger partial charge in [-0.1, -0.05) is 12.1 Å². The summed E-state index contributed by atoms with van der Waals surface area (Å²) in [7, 11) is 0. The van der Waals surface area contributed by atoms with E-state index in [0.29, 0.717) is 18.7 Å². The van der Waals surface area contributed by atoms with Crippen molar-refractivity contribution in [3.8, 4) is 5.75 Å². The van der Waals surface area contributed by atoms with Gasteiger partial charge in [-0.05, 0) is 55.3 Å². The third-order valence-corrected chi connectivity index (χ3v) is 3.17. The Kier molecular flexibility index (Phi) is 4.82. The highest BCUT2D eigenvalue weighted by Gasteiger charge is 2.05. The van der Waals surface area contributed by atoms with Crippen molar-refractivity contribution in [1.29, 1.82) is 0 Å². The van der Waals surface area contributed by atoms with Crippen molar-refractivity contribution in [2.24, 2.45) is 0 Å². The van der Waals surface area contributed by atoms with Gasteiger partial charge in [0.2, 0.25) is 0 Å². The van der Waals surface area contributed by atoms with E-state index >= 15 is 0 Å². The van der Waals surface area contributed by atoms with Crippen LogP contribution in [0.15, 0.2) is 42.5 Å². The molecule has 0 unspecified atom stereocenters. The summed E-state index contributed by atoms with van der Waals surface area (Å²) >= 11 is 0. The van der Waals surface area contributed by atoms with Crippen LogP contribution in [0, 0.1) is 6.92 Å². The minimum Gasteiger partial charge on any atom is -0.494 e. The summed E-state index contributed by atoms with van der Waals surface area (Å²) in [5.41, 5.74) is 3.26. The highest BCUT2D eigenvalue weighted by Crippen LogP contribution is 2.19. The molecule has 0 heterocycles. The van der Waals surface area contributed by atoms with Crippen LogP contribution in [0.25, 0.3) is 0 Å². The first-order valence-corrected chi connectivity index (χ1v) is 6.89. The zero-order chi connectivity index (χ0) is 15.2. The van der Waals surface area contributed by atoms with Gasteiger partial charge in [0.15, 0.2) is 0 Å². The number of aryl methyl sites for hydroxylation is 1. The molecule has 21 heavy (non-hydrogen) atoms. The fraction of sp³-hybridized carbons (Fsp3) is 0.235. The topological polar surface area (TPSA) is 58.6 Å². The lowest BCUT2D eigenvalue weighted by atomic mass is 10.1. The van der Waals surface area contributed by atoms with E-state index in [1.165, 1.54) is 0 Å². The highest BCUT2D eigenvalue weighted by atomic mass is 16.5. The van der Waals surface area contributed by atoms with E-state index in [0.717, 1.165) is 22.6 Å². The van der Waals surface area contributed by atoms with E-state index in [9.17, 15) is 4.79 Å². The predicted octanol–water partition coefficient (Wildman–Crippen LogP) is 3.70. The summed E-state index contributed by atoms with van der Waals surface area (Å²) in [5.74, 6) is -0.0520. The monoisotopic (exact) mass is 285 g/mol. The van der Waals surface area contributed by atoms with Gasteiger partial charge in [-0.15, -0.1) is 0 Å². The van der Waals surface area contributed by atoms with Crippen molar-refractivity contribution >= 4 is 11.7 Å². The van der Waals surface area contributed by atoms with E-state index in [2.05, 4.69) is 5.32 Å². The number of carbonyl (C=O) groups is 1. The molecule has 0 radical (unpaired) electrons. The molecule has 0 bridgehead atoms. The van der Waals surface area contributed by atoms with E-state index in [4.69, 9.17) is 9.84 Å². The first-order valence-electron chi connectivity index (χ1n) is 6.89. The Morgan fingerprint density at radius 3 is 2.71 bits per heavy atom. The second kappa shape index (κ2) is 6.79. The summed E-state index contributed by atoms with van der Waals surface area (Å²) in [6, 6.07) is 13.0. The zero-order valence-electron chi connectivity index (χ0n) is 12.2. The number of benzene rings is 2. The van der Waals surface area contributed by atoms with Crippen LogP contribution in [-0.2, 0) is 6.54 Å². The standard InChI is InChI=1S/C17H19NO3/c1-3-21-15-6-4-5-13(10-15)11-18-16-8-7-14(17(19)20)9-12(16)2/h4-10,18H,3,11H2,1-2H3,(H,19,20). The molecular weight excluding hydrogens is 266 g/mol. The summed E-state index contributed by atoms with van der Waals surface area (Å²) in [6.45, 7) is 5.16. The van der Waals surface area contributed by atoms with Gasteiger partial charge in [0, 0.05) is 12.2 Å². The van der Waals surface area contributed by atoms with Gasteiger partial charge in [-0.3, -0.25) is 0 Å². The quantitative estimate of drug-likeness (QED) is 0.849. The molecule has 2 rings (SSSR count). The maximum Gasteiger partial charge on any atom is 0.335 e. The molecule has 0 aliphatic heterocycles. The number of ether oxygens (including phenoxy) is 1. The minimum absolute atomic E-state index is 0.302. The molecule has 0 aromatic heterocycles. The Morgan fingerprint density at radius 2 is 2.05 bits per heavy atom. The Morgan fingerprint density at radius 1 is 1.24 bits per heavy atom. The van der Waals surface area contributed by atoms with Gasteiger partial charge in [-0.25, -0.2) is 4.79 Å². The van der Waals surface area contributed by atoms with Crippen molar-refractivity contribution < 1.29 is 14.6 Å². The van der Waals surface area contributed by atoms with Crippen molar-refractivity contribution in [2.45, 2.75) is 20.4 Å². The van der Waals surface area contributed by atoms with Crippen LogP contribution in [-0.4, -0.2) is 17.7 Å². The summed E-state index contributed by atoms with van der Waals surface area (Å²) in [5, 5.41) is 12.3. The fourth-order valence-electron chi connectivity index (χ4n) is 2.10. The number of rotatable bonds is 6. The first kappa shape index (κ1) is 14.9. The van der Waals surface area contributed by atoms with Gasteiger partial charge in [-0.2, -0.15) is 0 Å². The molecule has 0 fully saturated rings. The van der Waals surface area contributed by atoms with E-state index in [-0.39, 0.29) is 0 Å². The Bertz CT molecular complexity index is 638. The summed E-state index contributed by atoms with van der Waals surface area (Å²) < 4.78 is 5.47. The van der Waals surface area contributed by atoms with Crippen LogP contribution in [0.4, 0.5) is 5.69 Å². The molecule has 4 nitrogen and oxygen atoms in total. The maximum absolute atomic E-state index is 10.9. The van der Waals surface area contributed by atoms with Gasteiger partial charge < -0.3 is 15.2 Å². The van der Waals surface area contributed by atoms with Gasteiger partial charge >= 0.3 is 5.97 Å². The van der Waals surface area contributed by atoms with Gasteiger partial charge in [0.25, 0.3) is 0 Å². The van der Waals surface area contributed by atoms with E-state index in [1.807, 2.05) is 38.1 Å². The Labute approximate surface area is 124 Å². The van der Waals surface area contributed by atoms with E-state index in [1.54, 1.807) is 18.2 Å². The maximum atomic E-state index is 10.9. The molecule has 0 atom stereocenters. The van der Waals surface area contributed by atoms with Crippen LogP contribution in [0.3, 0.4) is 0 Å². The van der Waals surface area contributed by atoms with Crippen molar-refractivity contribution in [1.82, 2.24) is 0 Å². The number of aromatic carboxylic acids is 1. The zero-order valence-corrected chi connectivity index (χ0v) is 12.2. The Balaban J connectivity index is 2.06. The van der Waals surface area contributed by atoms with Crippen LogP contribution in [0.5, 0.6) is 5.75 Å². The smallest absolute Gasteiger partial charge is 0.335 e. The van der Waals surface area contributed by atoms with Crippen LogP contribution in [0.2, 0.25) is 0 Å². The third kappa shape index (κ3) is 3.99. The van der Waals surface area contributed by atoms with Crippen molar-refractivity contribution in [2.75, 3.05) is 11.9 Å². The van der Waals surface area contributed by atoms with Gasteiger partial charge in [0.05, 0.1) is 12.2 Å². The molecule has 0 saturated heterocycles. The number of hydrogen-bond donors (Lipinski definition) is 2. The molecular formula is C17H19NO3. The molecule has 0 spiro atoms. The van der Waals surface area contributed by atoms with Crippen LogP contribution >= 0.6 is 0 Å². The second-order valence-electron chi connectivity index (χ2n) is 4.77. The second-order valence-corrected chi connectivity index (χ2v) is 4.77. The average molecular weight is 285 g/mol. The minimum atomic E-state index is -0.908. The number of nitrogens with one attached hydrogen (secondary N) is 1. The summed E-state index contributed by atoms with van der Waals surface area (Å²) in [6.07, 6.45) is 0. The molecule has 2 N–H and O–H groups in total. The number of anilines is 1. The highest BCUT2D eigenvalue weighted by molar-refractivity contribution is 5.88. The lowest BCUT2D eigenvalue weighted by Gasteiger charge is -2.11. The molecule has 0 saturated carbocycles. The van der Waals surface area contributed by atoms with E-state index < -0.39 is 5.97 Å². The number of hydrogen-bond acceptors (Lipinski definition) is 3. The fourth-order valence-corrected chi connectivity index (χ4v) is 2.10.